The Morgan fingerprint density at radius 2 is 1.34 bits per heavy atom. The Morgan fingerprint density at radius 1 is 0.839 bits per heavy atom. The number of hydrogen-bond donors (Lipinski definition) is 1. The van der Waals surface area contributed by atoms with E-state index in [4.69, 9.17) is 33.5 Å². The third-order valence-corrected chi connectivity index (χ3v) is 10.5. The summed E-state index contributed by atoms with van der Waals surface area (Å²) in [5.74, 6) is -0.627. The lowest BCUT2D eigenvalue weighted by atomic mass is 9.91. The van der Waals surface area contributed by atoms with Crippen molar-refractivity contribution in [3.05, 3.63) is 82.9 Å². The summed E-state index contributed by atoms with van der Waals surface area (Å²) in [7, 11) is 0. The molecule has 0 spiro atoms. The van der Waals surface area contributed by atoms with Crippen molar-refractivity contribution >= 4 is 28.2 Å². The minimum absolute atomic E-state index is 0.0138. The van der Waals surface area contributed by atoms with Crippen LogP contribution in [0.25, 0.3) is 56.2 Å². The molecule has 15 heteroatoms. The highest BCUT2D eigenvalue weighted by Crippen LogP contribution is 2.40. The van der Waals surface area contributed by atoms with Gasteiger partial charge in [0.1, 0.15) is 28.6 Å². The Balaban J connectivity index is 1.12. The molecule has 0 radical (unpaired) electrons. The van der Waals surface area contributed by atoms with Gasteiger partial charge in [-0.2, -0.15) is 22.8 Å². The van der Waals surface area contributed by atoms with E-state index < -0.39 is 25.2 Å². The Labute approximate surface area is 317 Å². The summed E-state index contributed by atoms with van der Waals surface area (Å²) in [4.78, 5) is 25.0. The average Bonchev–Trinajstić information content (AvgIpc) is 3.88. The highest BCUT2D eigenvalue weighted by molar-refractivity contribution is 5.85. The average molecular weight is 770 g/mol. The molecule has 2 saturated heterocycles. The van der Waals surface area contributed by atoms with Crippen molar-refractivity contribution in [2.45, 2.75) is 59.0 Å². The second-order valence-electron chi connectivity index (χ2n) is 14.1. The van der Waals surface area contributed by atoms with E-state index in [-0.39, 0.29) is 41.0 Å². The maximum absolute atomic E-state index is 13.5. The fraction of sp³-hybridized carbons (Fsp3) is 0.317. The van der Waals surface area contributed by atoms with E-state index in [0.717, 1.165) is 22.3 Å². The van der Waals surface area contributed by atoms with Crippen LogP contribution in [0.15, 0.2) is 69.5 Å². The monoisotopic (exact) mass is 769 g/mol. The molecular formula is C41H35F4N5O6. The molecule has 11 nitrogen and oxygen atoms in total. The molecular weight excluding hydrogens is 734 g/mol. The van der Waals surface area contributed by atoms with Gasteiger partial charge in [0.25, 0.3) is 0 Å². The number of aliphatic carboxylic acids is 1. The molecule has 1 N–H and O–H groups in total. The van der Waals surface area contributed by atoms with Crippen molar-refractivity contribution in [1.82, 2.24) is 19.8 Å². The van der Waals surface area contributed by atoms with Crippen molar-refractivity contribution in [2.75, 3.05) is 19.6 Å². The summed E-state index contributed by atoms with van der Waals surface area (Å²) in [5.41, 5.74) is 7.01. The molecule has 0 aliphatic carbocycles. The first-order valence-electron chi connectivity index (χ1n) is 18.0. The van der Waals surface area contributed by atoms with Crippen LogP contribution in [0.5, 0.6) is 11.5 Å². The number of alkyl halides is 4. The lowest BCUT2D eigenvalue weighted by Gasteiger charge is -2.35. The Hall–Kier alpha value is -5.98. The van der Waals surface area contributed by atoms with E-state index in [1.807, 2.05) is 55.1 Å². The van der Waals surface area contributed by atoms with E-state index >= 15 is 0 Å². The smallest absolute Gasteiger partial charge is 0.387 e. The quantitative estimate of drug-likeness (QED) is 0.120. The van der Waals surface area contributed by atoms with Crippen LogP contribution >= 0.6 is 0 Å². The van der Waals surface area contributed by atoms with Gasteiger partial charge in [-0.3, -0.25) is 14.6 Å². The van der Waals surface area contributed by atoms with Crippen molar-refractivity contribution < 1.29 is 45.8 Å². The van der Waals surface area contributed by atoms with Crippen molar-refractivity contribution in [2.24, 2.45) is 5.92 Å². The molecule has 4 aromatic carbocycles. The van der Waals surface area contributed by atoms with Gasteiger partial charge in [-0.1, -0.05) is 24.3 Å². The fourth-order valence-electron chi connectivity index (χ4n) is 7.74. The predicted octanol–water partition coefficient (Wildman–Crippen LogP) is 8.79. The predicted molar refractivity (Wildman–Crippen MR) is 196 cm³/mol. The third kappa shape index (κ3) is 7.13. The van der Waals surface area contributed by atoms with E-state index in [9.17, 15) is 27.5 Å². The Morgan fingerprint density at radius 3 is 1.82 bits per heavy atom. The van der Waals surface area contributed by atoms with Gasteiger partial charge in [0.05, 0.1) is 12.0 Å². The lowest BCUT2D eigenvalue weighted by Crippen LogP contribution is -2.45. The summed E-state index contributed by atoms with van der Waals surface area (Å²) in [6.07, 6.45) is 1.14. The second kappa shape index (κ2) is 14.9. The van der Waals surface area contributed by atoms with E-state index in [1.54, 1.807) is 17.0 Å². The molecule has 0 bridgehead atoms. The molecule has 2 aliphatic rings. The first-order valence-corrected chi connectivity index (χ1v) is 18.0. The standard InChI is InChI=1S/C41H35F4N5O6/c1-21-26(6-3-8-28(21)37-47-30-12-24(19-49-17-23(16-46)18-49)33(55-40(42)43)14-35(30)53-37)27-7-4-9-29(22(27)2)38-48-31-13-25(20-50-11-5-10-32(50)39(51)52)34(56-41(44)45)15-36(31)54-38/h3-4,6-9,12-15,23,32,40-41H,5,10-11,17-20H2,1-2H3,(H,51,52)/t32-/m0/s1. The van der Waals surface area contributed by atoms with Crippen LogP contribution in [0.1, 0.15) is 35.1 Å². The first-order chi connectivity index (χ1) is 26.9. The molecule has 2 aliphatic heterocycles. The lowest BCUT2D eigenvalue weighted by molar-refractivity contribution is -0.142. The number of aromatic nitrogens is 2. The number of fused-ring (bicyclic) bond motifs is 2. The summed E-state index contributed by atoms with van der Waals surface area (Å²) in [6.45, 7) is -0.280. The van der Waals surface area contributed by atoms with Gasteiger partial charge in [-0.15, -0.1) is 0 Å². The Kier molecular flexibility index (Phi) is 9.85. The molecule has 6 aromatic rings. The summed E-state index contributed by atoms with van der Waals surface area (Å²) >= 11 is 0. The SMILES string of the molecule is Cc1c(-c2nc3cc(CN4CC(C#N)C4)c(OC(F)F)cc3o2)cccc1-c1cccc(-c2nc3cc(CN4CCC[C@H]4C(=O)O)c(OC(F)F)cc3o2)c1C. The number of benzene rings is 4. The number of hydrogen-bond acceptors (Lipinski definition) is 10. The molecule has 2 aromatic heterocycles. The van der Waals surface area contributed by atoms with Crippen molar-refractivity contribution in [1.29, 1.82) is 5.26 Å². The van der Waals surface area contributed by atoms with Crippen LogP contribution in [0.3, 0.4) is 0 Å². The molecule has 0 amide bonds. The van der Waals surface area contributed by atoms with Gasteiger partial charge in [-0.05, 0) is 79.8 Å². The number of likely N-dealkylation sites (tertiary alicyclic amines) is 2. The molecule has 1 atom stereocenters. The normalized spacial score (nSPS) is 16.6. The van der Waals surface area contributed by atoms with E-state index in [0.29, 0.717) is 78.2 Å². The van der Waals surface area contributed by atoms with E-state index in [1.165, 1.54) is 12.1 Å². The zero-order valence-electron chi connectivity index (χ0n) is 30.3. The van der Waals surface area contributed by atoms with Gasteiger partial charge in [0.2, 0.25) is 11.8 Å². The van der Waals surface area contributed by atoms with Gasteiger partial charge in [0, 0.05) is 60.6 Å². The topological polar surface area (TPSA) is 138 Å². The maximum atomic E-state index is 13.5. The Bertz CT molecular complexity index is 2510. The summed E-state index contributed by atoms with van der Waals surface area (Å²) < 4.78 is 75.8. The molecule has 288 valence electrons. The second-order valence-corrected chi connectivity index (χ2v) is 14.1. The summed E-state index contributed by atoms with van der Waals surface area (Å²) in [5, 5.41) is 18.8. The van der Waals surface area contributed by atoms with Crippen LogP contribution in [0, 0.1) is 31.1 Å². The summed E-state index contributed by atoms with van der Waals surface area (Å²) in [6, 6.07) is 18.9. The van der Waals surface area contributed by atoms with Gasteiger partial charge in [0.15, 0.2) is 11.2 Å². The third-order valence-electron chi connectivity index (χ3n) is 10.5. The number of carbonyl (C=O) groups is 1. The van der Waals surface area contributed by atoms with Gasteiger partial charge in [-0.25, -0.2) is 9.97 Å². The zero-order valence-corrected chi connectivity index (χ0v) is 30.3. The van der Waals surface area contributed by atoms with Crippen LogP contribution in [0.4, 0.5) is 17.6 Å². The minimum Gasteiger partial charge on any atom is -0.480 e. The molecule has 56 heavy (non-hydrogen) atoms. The van der Waals surface area contributed by atoms with Crippen LogP contribution in [-0.4, -0.2) is 69.7 Å². The van der Waals surface area contributed by atoms with Gasteiger partial charge >= 0.3 is 19.2 Å². The molecule has 8 rings (SSSR count). The van der Waals surface area contributed by atoms with Crippen LogP contribution in [-0.2, 0) is 17.9 Å². The fourth-order valence-corrected chi connectivity index (χ4v) is 7.74. The molecule has 4 heterocycles. The molecule has 0 saturated carbocycles. The molecule has 0 unspecified atom stereocenters. The number of nitriles is 1. The number of nitrogens with zero attached hydrogens (tertiary/aromatic N) is 5. The van der Waals surface area contributed by atoms with Crippen LogP contribution in [0.2, 0.25) is 0 Å². The highest BCUT2D eigenvalue weighted by Gasteiger charge is 2.32. The number of ether oxygens (including phenoxy) is 2. The van der Waals surface area contributed by atoms with Gasteiger partial charge < -0.3 is 23.4 Å². The zero-order chi connectivity index (χ0) is 39.2. The number of carboxylic acids is 1. The van der Waals surface area contributed by atoms with Crippen molar-refractivity contribution in [3.8, 4) is 51.6 Å². The highest BCUT2D eigenvalue weighted by atomic mass is 19.3. The van der Waals surface area contributed by atoms with Crippen molar-refractivity contribution in [3.63, 3.8) is 0 Å². The minimum atomic E-state index is -3.10. The van der Waals surface area contributed by atoms with Crippen LogP contribution < -0.4 is 9.47 Å². The first kappa shape index (κ1) is 37.0. The number of carboxylic acid groups (broad SMARTS) is 1. The number of oxazole rings is 2. The largest absolute Gasteiger partial charge is 0.480 e. The number of rotatable bonds is 12. The maximum Gasteiger partial charge on any atom is 0.387 e. The molecule has 2 fully saturated rings. The van der Waals surface area contributed by atoms with E-state index in [2.05, 4.69) is 6.07 Å². The number of halogens is 4.